The molecule has 2 aromatic rings. The van der Waals surface area contributed by atoms with Crippen LogP contribution in [0.2, 0.25) is 0 Å². The Bertz CT molecular complexity index is 1030. The number of aliphatic hydroxyl groups excluding tert-OH is 1. The van der Waals surface area contributed by atoms with Crippen LogP contribution in [0.15, 0.2) is 22.7 Å². The molecule has 1 aliphatic carbocycles. The van der Waals surface area contributed by atoms with Gasteiger partial charge < -0.3 is 24.4 Å². The number of morpholine rings is 2. The second-order valence-electron chi connectivity index (χ2n) is 9.99. The summed E-state index contributed by atoms with van der Waals surface area (Å²) in [6.45, 7) is 3.46. The average Bonchev–Trinajstić information content (AvgIpc) is 3.55. The van der Waals surface area contributed by atoms with Crippen molar-refractivity contribution in [2.24, 2.45) is 11.3 Å². The molecular formula is C23H27BrN4O3. The summed E-state index contributed by atoms with van der Waals surface area (Å²) in [5.41, 5.74) is 0.978. The van der Waals surface area contributed by atoms with E-state index in [1.165, 1.54) is 19.3 Å². The van der Waals surface area contributed by atoms with Crippen molar-refractivity contribution in [3.63, 3.8) is 0 Å². The molecule has 5 fully saturated rings. The van der Waals surface area contributed by atoms with Crippen LogP contribution in [0.5, 0.6) is 0 Å². The molecule has 7 nitrogen and oxygen atoms in total. The van der Waals surface area contributed by atoms with Gasteiger partial charge in [0.15, 0.2) is 0 Å². The van der Waals surface area contributed by atoms with Crippen LogP contribution in [-0.2, 0) is 9.47 Å². The van der Waals surface area contributed by atoms with Crippen LogP contribution in [0.4, 0.5) is 11.8 Å². The third-order valence-electron chi connectivity index (χ3n) is 8.48. The van der Waals surface area contributed by atoms with Gasteiger partial charge >= 0.3 is 0 Å². The Hall–Kier alpha value is -1.48. The van der Waals surface area contributed by atoms with Gasteiger partial charge in [0, 0.05) is 28.4 Å². The fourth-order valence-electron chi connectivity index (χ4n) is 6.91. The van der Waals surface area contributed by atoms with Crippen molar-refractivity contribution in [3.05, 3.63) is 22.7 Å². The summed E-state index contributed by atoms with van der Waals surface area (Å²) >= 11 is 3.64. The van der Waals surface area contributed by atoms with Crippen molar-refractivity contribution < 1.29 is 14.6 Å². The number of aromatic nitrogens is 2. The van der Waals surface area contributed by atoms with E-state index in [1.54, 1.807) is 0 Å². The van der Waals surface area contributed by atoms with E-state index in [1.807, 2.05) is 0 Å². The SMILES string of the molecule is OC[C@@]12CCCC[C@@H]1CN(c1nc(N3[C@@H]4CO[C@H]5[C@@H]4OC[C@H]53)nc3ccc(Br)cc13)C2. The number of ether oxygens (including phenoxy) is 2. The first-order valence-electron chi connectivity index (χ1n) is 11.5. The van der Waals surface area contributed by atoms with Gasteiger partial charge in [0.05, 0.1) is 37.4 Å². The topological polar surface area (TPSA) is 71.0 Å². The molecule has 1 aromatic heterocycles. The molecule has 4 saturated heterocycles. The molecule has 0 spiro atoms. The Balaban J connectivity index is 1.34. The van der Waals surface area contributed by atoms with E-state index in [2.05, 4.69) is 43.9 Å². The van der Waals surface area contributed by atoms with E-state index in [9.17, 15) is 5.11 Å². The summed E-state index contributed by atoms with van der Waals surface area (Å²) in [4.78, 5) is 15.0. The van der Waals surface area contributed by atoms with Gasteiger partial charge in [-0.3, -0.25) is 0 Å². The summed E-state index contributed by atoms with van der Waals surface area (Å²) in [6, 6.07) is 6.68. The standard InChI is InChI=1S/C23H27BrN4O3/c24-14-4-5-16-15(7-14)21(27-8-13-3-1-2-6-23(13,11-27)12-29)26-22(25-16)28-17-9-30-20-18(28)10-31-19(17)20/h4-5,7,13,17-20,29H,1-3,6,8-12H2/t13-,17-,18-,19-,20-,23+/m1/s1. The number of anilines is 2. The van der Waals surface area contributed by atoms with Gasteiger partial charge in [-0.2, -0.15) is 4.98 Å². The highest BCUT2D eigenvalue weighted by Crippen LogP contribution is 2.49. The highest BCUT2D eigenvalue weighted by molar-refractivity contribution is 9.10. The number of fused-ring (bicyclic) bond motifs is 2. The number of rotatable bonds is 3. The zero-order valence-corrected chi connectivity index (χ0v) is 19.0. The summed E-state index contributed by atoms with van der Waals surface area (Å²) in [5, 5.41) is 11.4. The molecule has 31 heavy (non-hydrogen) atoms. The van der Waals surface area contributed by atoms with Gasteiger partial charge in [-0.1, -0.05) is 28.8 Å². The summed E-state index contributed by atoms with van der Waals surface area (Å²) in [6.07, 6.45) is 5.08. The maximum absolute atomic E-state index is 10.3. The van der Waals surface area contributed by atoms with E-state index in [-0.39, 0.29) is 36.3 Å². The largest absolute Gasteiger partial charge is 0.396 e. The normalized spacial score (nSPS) is 38.5. The quantitative estimate of drug-likeness (QED) is 0.714. The summed E-state index contributed by atoms with van der Waals surface area (Å²) in [7, 11) is 0. The van der Waals surface area contributed by atoms with Crippen LogP contribution in [0.3, 0.4) is 0 Å². The van der Waals surface area contributed by atoms with E-state index in [4.69, 9.17) is 19.4 Å². The number of nitrogens with zero attached hydrogens (tertiary/aromatic N) is 4. The Morgan fingerprint density at radius 1 is 1.13 bits per heavy atom. The van der Waals surface area contributed by atoms with Crippen LogP contribution in [-0.4, -0.2) is 72.3 Å². The third kappa shape index (κ3) is 2.62. The Kier molecular flexibility index (Phi) is 4.15. The Morgan fingerprint density at radius 3 is 2.68 bits per heavy atom. The molecule has 5 heterocycles. The molecule has 8 heteroatoms. The zero-order valence-electron chi connectivity index (χ0n) is 17.4. The molecule has 1 saturated carbocycles. The van der Waals surface area contributed by atoms with E-state index < -0.39 is 0 Å². The number of hydrogen-bond donors (Lipinski definition) is 1. The minimum absolute atomic E-state index is 0.00909. The lowest BCUT2D eigenvalue weighted by Crippen LogP contribution is -2.50. The molecule has 0 unspecified atom stereocenters. The lowest BCUT2D eigenvalue weighted by molar-refractivity contribution is 0.0626. The molecule has 0 radical (unpaired) electrons. The molecular weight excluding hydrogens is 460 g/mol. The van der Waals surface area contributed by atoms with Crippen molar-refractivity contribution in [2.75, 3.05) is 42.7 Å². The second-order valence-corrected chi connectivity index (χ2v) is 10.9. The molecule has 4 bridgehead atoms. The Morgan fingerprint density at radius 2 is 1.94 bits per heavy atom. The zero-order chi connectivity index (χ0) is 20.7. The van der Waals surface area contributed by atoms with Crippen molar-refractivity contribution in [1.82, 2.24) is 9.97 Å². The minimum atomic E-state index is 0.00909. The van der Waals surface area contributed by atoms with E-state index >= 15 is 0 Å². The molecule has 4 aliphatic heterocycles. The first-order chi connectivity index (χ1) is 15.2. The molecule has 1 aromatic carbocycles. The van der Waals surface area contributed by atoms with Crippen molar-refractivity contribution in [2.45, 2.75) is 50.0 Å². The number of hydrogen-bond acceptors (Lipinski definition) is 7. The van der Waals surface area contributed by atoms with Gasteiger partial charge in [0.25, 0.3) is 0 Å². The molecule has 0 amide bonds. The maximum atomic E-state index is 10.3. The number of halogens is 1. The van der Waals surface area contributed by atoms with Gasteiger partial charge in [-0.05, 0) is 37.0 Å². The first-order valence-corrected chi connectivity index (χ1v) is 12.3. The van der Waals surface area contributed by atoms with Gasteiger partial charge in [-0.15, -0.1) is 0 Å². The number of aliphatic hydroxyl groups is 1. The van der Waals surface area contributed by atoms with Crippen LogP contribution in [0, 0.1) is 11.3 Å². The third-order valence-corrected chi connectivity index (χ3v) is 8.97. The number of benzene rings is 1. The monoisotopic (exact) mass is 486 g/mol. The van der Waals surface area contributed by atoms with Crippen LogP contribution in [0.25, 0.3) is 10.9 Å². The molecule has 164 valence electrons. The lowest BCUT2D eigenvalue weighted by Gasteiger charge is -2.37. The van der Waals surface area contributed by atoms with E-state index in [0.717, 1.165) is 46.7 Å². The highest BCUT2D eigenvalue weighted by Gasteiger charge is 2.61. The van der Waals surface area contributed by atoms with Crippen molar-refractivity contribution in [1.29, 1.82) is 0 Å². The smallest absolute Gasteiger partial charge is 0.228 e. The van der Waals surface area contributed by atoms with Crippen molar-refractivity contribution >= 4 is 38.6 Å². The fraction of sp³-hybridized carbons (Fsp3) is 0.652. The van der Waals surface area contributed by atoms with Crippen LogP contribution < -0.4 is 9.80 Å². The van der Waals surface area contributed by atoms with E-state index in [0.29, 0.717) is 19.1 Å². The average molecular weight is 487 g/mol. The maximum Gasteiger partial charge on any atom is 0.228 e. The summed E-state index contributed by atoms with van der Waals surface area (Å²) in [5.74, 6) is 2.34. The van der Waals surface area contributed by atoms with Gasteiger partial charge in [0.1, 0.15) is 18.0 Å². The molecule has 5 aliphatic rings. The van der Waals surface area contributed by atoms with Crippen molar-refractivity contribution in [3.8, 4) is 0 Å². The molecule has 1 N–H and O–H groups in total. The highest BCUT2D eigenvalue weighted by atomic mass is 79.9. The van der Waals surface area contributed by atoms with Gasteiger partial charge in [0.2, 0.25) is 5.95 Å². The molecule has 6 atom stereocenters. The van der Waals surface area contributed by atoms with Crippen LogP contribution in [0.1, 0.15) is 25.7 Å². The molecule has 7 rings (SSSR count). The fourth-order valence-corrected chi connectivity index (χ4v) is 7.27. The predicted molar refractivity (Wildman–Crippen MR) is 120 cm³/mol. The van der Waals surface area contributed by atoms with Gasteiger partial charge in [-0.25, -0.2) is 4.98 Å². The Labute approximate surface area is 189 Å². The second kappa shape index (κ2) is 6.76. The summed E-state index contributed by atoms with van der Waals surface area (Å²) < 4.78 is 12.9. The minimum Gasteiger partial charge on any atom is -0.396 e. The predicted octanol–water partition coefficient (Wildman–Crippen LogP) is 2.74. The lowest BCUT2D eigenvalue weighted by atomic mass is 9.69. The van der Waals surface area contributed by atoms with Crippen LogP contribution >= 0.6 is 15.9 Å². The first kappa shape index (κ1) is 19.0.